The second-order valence-corrected chi connectivity index (χ2v) is 11.1. The quantitative estimate of drug-likeness (QED) is 0.450. The van der Waals surface area contributed by atoms with Crippen LogP contribution in [0.5, 0.6) is 0 Å². The molecule has 0 aliphatic carbocycles. The second-order valence-electron chi connectivity index (χ2n) is 8.83. The first-order chi connectivity index (χ1) is 16.8. The van der Waals surface area contributed by atoms with Gasteiger partial charge in [-0.15, -0.1) is 0 Å². The minimum Gasteiger partial charge on any atom is -0.350 e. The van der Waals surface area contributed by atoms with Crippen LogP contribution in [0.1, 0.15) is 29.5 Å². The number of carbonyl (C=O) groups excluding carboxylic acids is 1. The van der Waals surface area contributed by atoms with Crippen LogP contribution >= 0.6 is 11.6 Å². The van der Waals surface area contributed by atoms with Gasteiger partial charge in [0.25, 0.3) is 10.0 Å². The van der Waals surface area contributed by atoms with Gasteiger partial charge in [0.2, 0.25) is 5.91 Å². The van der Waals surface area contributed by atoms with E-state index in [-0.39, 0.29) is 11.4 Å². The van der Waals surface area contributed by atoms with Crippen molar-refractivity contribution in [2.24, 2.45) is 0 Å². The minimum absolute atomic E-state index is 0.112. The molecule has 1 N–H and O–H groups in total. The smallest absolute Gasteiger partial charge is 0.264 e. The number of hydrogen-bond acceptors (Lipinski definition) is 4. The fourth-order valence-corrected chi connectivity index (χ4v) is 5.88. The molecule has 1 saturated heterocycles. The van der Waals surface area contributed by atoms with E-state index in [2.05, 4.69) is 22.3 Å². The number of hydrogen-bond donors (Lipinski definition) is 1. The first-order valence-corrected chi connectivity index (χ1v) is 13.6. The Bertz CT molecular complexity index is 1260. The van der Waals surface area contributed by atoms with Crippen LogP contribution in [0.15, 0.2) is 77.7 Å². The molecule has 35 heavy (non-hydrogen) atoms. The summed E-state index contributed by atoms with van der Waals surface area (Å²) in [7, 11) is -3.98. The van der Waals surface area contributed by atoms with Crippen molar-refractivity contribution in [3.8, 4) is 0 Å². The Labute approximate surface area is 212 Å². The zero-order valence-corrected chi connectivity index (χ0v) is 21.4. The first-order valence-electron chi connectivity index (χ1n) is 11.7. The summed E-state index contributed by atoms with van der Waals surface area (Å²) in [5, 5.41) is 3.26. The molecule has 1 amide bonds. The average molecular weight is 512 g/mol. The maximum absolute atomic E-state index is 13.5. The van der Waals surface area contributed by atoms with Gasteiger partial charge in [-0.2, -0.15) is 0 Å². The summed E-state index contributed by atoms with van der Waals surface area (Å²) in [4.78, 5) is 15.5. The molecule has 1 aliphatic heterocycles. The predicted octanol–water partition coefficient (Wildman–Crippen LogP) is 4.76. The van der Waals surface area contributed by atoms with Crippen LogP contribution in [0.4, 0.5) is 5.69 Å². The van der Waals surface area contributed by atoms with Crippen LogP contribution in [0, 0.1) is 6.92 Å². The van der Waals surface area contributed by atoms with Crippen LogP contribution in [0.25, 0.3) is 0 Å². The maximum atomic E-state index is 13.5. The zero-order valence-electron chi connectivity index (χ0n) is 19.8. The van der Waals surface area contributed by atoms with Gasteiger partial charge in [0.1, 0.15) is 6.54 Å². The molecular formula is C27H30ClN3O3S. The molecule has 0 unspecified atom stereocenters. The van der Waals surface area contributed by atoms with E-state index in [4.69, 9.17) is 11.6 Å². The summed E-state index contributed by atoms with van der Waals surface area (Å²) >= 11 is 6.18. The van der Waals surface area contributed by atoms with Crippen LogP contribution < -0.4 is 9.62 Å². The average Bonchev–Trinajstić information content (AvgIpc) is 3.37. The lowest BCUT2D eigenvalue weighted by Crippen LogP contribution is -2.41. The molecule has 4 rings (SSSR count). The van der Waals surface area contributed by atoms with Crippen molar-refractivity contribution in [3.63, 3.8) is 0 Å². The lowest BCUT2D eigenvalue weighted by atomic mass is 10.1. The first kappa shape index (κ1) is 25.2. The summed E-state index contributed by atoms with van der Waals surface area (Å²) in [5.74, 6) is -0.398. The van der Waals surface area contributed by atoms with Gasteiger partial charge >= 0.3 is 0 Å². The molecule has 0 bridgehead atoms. The fourth-order valence-electron chi connectivity index (χ4n) is 4.22. The Hall–Kier alpha value is -2.87. The van der Waals surface area contributed by atoms with Gasteiger partial charge in [-0.25, -0.2) is 8.42 Å². The van der Waals surface area contributed by atoms with Crippen molar-refractivity contribution in [3.05, 3.63) is 94.5 Å². The molecular weight excluding hydrogens is 482 g/mol. The molecule has 6 nitrogen and oxygen atoms in total. The van der Waals surface area contributed by atoms with Crippen molar-refractivity contribution in [2.45, 2.75) is 37.8 Å². The SMILES string of the molecule is Cc1ccc(Cl)cc1N(CC(=O)NCc1ccc(CN2CCCC2)cc1)S(=O)(=O)c1ccccc1. The molecule has 0 spiro atoms. The third-order valence-corrected chi connectivity index (χ3v) is 8.18. The van der Waals surface area contributed by atoms with E-state index in [1.807, 2.05) is 12.1 Å². The van der Waals surface area contributed by atoms with Gasteiger partial charge in [-0.1, -0.05) is 60.1 Å². The highest BCUT2D eigenvalue weighted by Gasteiger charge is 2.28. The van der Waals surface area contributed by atoms with Crippen molar-refractivity contribution >= 4 is 33.2 Å². The predicted molar refractivity (Wildman–Crippen MR) is 140 cm³/mol. The van der Waals surface area contributed by atoms with Crippen molar-refractivity contribution in [2.75, 3.05) is 23.9 Å². The summed E-state index contributed by atoms with van der Waals surface area (Å²) in [6.45, 7) is 4.99. The summed E-state index contributed by atoms with van der Waals surface area (Å²) < 4.78 is 28.1. The molecule has 1 aliphatic rings. The fraction of sp³-hybridized carbons (Fsp3) is 0.296. The van der Waals surface area contributed by atoms with Gasteiger partial charge < -0.3 is 5.32 Å². The van der Waals surface area contributed by atoms with E-state index < -0.39 is 15.9 Å². The number of sulfonamides is 1. The lowest BCUT2D eigenvalue weighted by molar-refractivity contribution is -0.119. The Balaban J connectivity index is 1.47. The van der Waals surface area contributed by atoms with E-state index in [1.54, 1.807) is 43.3 Å². The van der Waals surface area contributed by atoms with Crippen molar-refractivity contribution in [1.82, 2.24) is 10.2 Å². The number of anilines is 1. The number of rotatable bonds is 9. The molecule has 8 heteroatoms. The van der Waals surface area contributed by atoms with Gasteiger partial charge in [0.15, 0.2) is 0 Å². The second kappa shape index (κ2) is 11.2. The zero-order chi connectivity index (χ0) is 24.8. The summed E-state index contributed by atoms with van der Waals surface area (Å²) in [6.07, 6.45) is 2.52. The van der Waals surface area contributed by atoms with Crippen LogP contribution in [-0.4, -0.2) is 38.9 Å². The van der Waals surface area contributed by atoms with Gasteiger partial charge in [0, 0.05) is 18.1 Å². The molecule has 0 radical (unpaired) electrons. The number of nitrogens with zero attached hydrogens (tertiary/aromatic N) is 2. The molecule has 1 heterocycles. The number of benzene rings is 3. The molecule has 3 aromatic rings. The topological polar surface area (TPSA) is 69.7 Å². The molecule has 0 saturated carbocycles. The Morgan fingerprint density at radius 3 is 2.31 bits per heavy atom. The molecule has 184 valence electrons. The molecule has 0 atom stereocenters. The van der Waals surface area contributed by atoms with Crippen LogP contribution in [-0.2, 0) is 27.9 Å². The van der Waals surface area contributed by atoms with Gasteiger partial charge in [0.05, 0.1) is 10.6 Å². The number of halogens is 1. The normalized spacial score (nSPS) is 14.1. The minimum atomic E-state index is -3.98. The van der Waals surface area contributed by atoms with E-state index in [9.17, 15) is 13.2 Å². The third kappa shape index (κ3) is 6.42. The number of amides is 1. The number of likely N-dealkylation sites (tertiary alicyclic amines) is 1. The number of carbonyl (C=O) groups is 1. The number of nitrogens with one attached hydrogen (secondary N) is 1. The van der Waals surface area contributed by atoms with Crippen molar-refractivity contribution in [1.29, 1.82) is 0 Å². The lowest BCUT2D eigenvalue weighted by Gasteiger charge is -2.26. The third-order valence-electron chi connectivity index (χ3n) is 6.18. The molecule has 0 aromatic heterocycles. The summed E-state index contributed by atoms with van der Waals surface area (Å²) in [5.41, 5.74) is 3.29. The van der Waals surface area contributed by atoms with Crippen molar-refractivity contribution < 1.29 is 13.2 Å². The highest BCUT2D eigenvalue weighted by Crippen LogP contribution is 2.29. The molecule has 1 fully saturated rings. The Morgan fingerprint density at radius 2 is 1.63 bits per heavy atom. The van der Waals surface area contributed by atoms with E-state index >= 15 is 0 Å². The van der Waals surface area contributed by atoms with Gasteiger partial charge in [-0.05, 0) is 73.8 Å². The van der Waals surface area contributed by atoms with Crippen LogP contribution in [0.3, 0.4) is 0 Å². The van der Waals surface area contributed by atoms with Gasteiger partial charge in [-0.3, -0.25) is 14.0 Å². The maximum Gasteiger partial charge on any atom is 0.264 e. The number of aryl methyl sites for hydroxylation is 1. The Morgan fingerprint density at radius 1 is 0.971 bits per heavy atom. The van der Waals surface area contributed by atoms with E-state index in [0.717, 1.165) is 29.5 Å². The summed E-state index contributed by atoms with van der Waals surface area (Å²) in [6, 6.07) is 21.3. The Kier molecular flexibility index (Phi) is 8.11. The highest BCUT2D eigenvalue weighted by atomic mass is 35.5. The largest absolute Gasteiger partial charge is 0.350 e. The molecule has 3 aromatic carbocycles. The van der Waals surface area contributed by atoms with E-state index in [1.165, 1.54) is 30.5 Å². The van der Waals surface area contributed by atoms with Crippen LogP contribution in [0.2, 0.25) is 5.02 Å². The van der Waals surface area contributed by atoms with E-state index in [0.29, 0.717) is 22.8 Å². The standard InChI is InChI=1S/C27H30ClN3O3S/c1-21-9-14-24(28)17-26(21)31(35(33,34)25-7-3-2-4-8-25)20-27(32)29-18-22-10-12-23(13-11-22)19-30-15-5-6-16-30/h2-4,7-14,17H,5-6,15-16,18-20H2,1H3,(H,29,32). The highest BCUT2D eigenvalue weighted by molar-refractivity contribution is 7.92. The monoisotopic (exact) mass is 511 g/mol.